The van der Waals surface area contributed by atoms with Gasteiger partial charge in [0.2, 0.25) is 0 Å². The number of nitrogens with one attached hydrogen (secondary N) is 1. The van der Waals surface area contributed by atoms with Gasteiger partial charge in [0.15, 0.2) is 0 Å². The highest BCUT2D eigenvalue weighted by atomic mass is 19.1. The molecule has 0 spiro atoms. The minimum atomic E-state index is -0.165. The molecule has 0 heterocycles. The van der Waals surface area contributed by atoms with Crippen LogP contribution < -0.4 is 5.32 Å². The number of aryl methyl sites for hydroxylation is 1. The van der Waals surface area contributed by atoms with Crippen molar-refractivity contribution >= 4 is 0 Å². The van der Waals surface area contributed by atoms with Gasteiger partial charge in [-0.3, -0.25) is 0 Å². The fourth-order valence-corrected chi connectivity index (χ4v) is 2.12. The maximum absolute atomic E-state index is 13.3. The Balaban J connectivity index is 2.74. The molecule has 106 valence electrons. The Bertz CT molecular complexity index is 425. The van der Waals surface area contributed by atoms with E-state index in [9.17, 15) is 4.39 Å². The van der Waals surface area contributed by atoms with Gasteiger partial charge in [-0.25, -0.2) is 4.39 Å². The average Bonchev–Trinajstić information content (AvgIpc) is 2.33. The Morgan fingerprint density at radius 2 is 2.11 bits per heavy atom. The van der Waals surface area contributed by atoms with Crippen LogP contribution in [0, 0.1) is 24.1 Å². The lowest BCUT2D eigenvalue weighted by Gasteiger charge is -2.27. The van der Waals surface area contributed by atoms with Crippen molar-refractivity contribution in [3.8, 4) is 0 Å². The van der Waals surface area contributed by atoms with E-state index in [1.54, 1.807) is 6.07 Å². The summed E-state index contributed by atoms with van der Waals surface area (Å²) in [7, 11) is 0. The summed E-state index contributed by atoms with van der Waals surface area (Å²) in [6.45, 7) is 14.4. The van der Waals surface area contributed by atoms with Crippen molar-refractivity contribution in [3.63, 3.8) is 0 Å². The Morgan fingerprint density at radius 1 is 1.42 bits per heavy atom. The van der Waals surface area contributed by atoms with Crippen molar-refractivity contribution in [2.45, 2.75) is 34.1 Å². The van der Waals surface area contributed by atoms with Crippen LogP contribution in [-0.4, -0.2) is 13.1 Å². The van der Waals surface area contributed by atoms with E-state index in [0.717, 1.165) is 30.6 Å². The first-order valence-corrected chi connectivity index (χ1v) is 6.95. The molecule has 0 saturated heterocycles. The molecule has 0 radical (unpaired) electrons. The quantitative estimate of drug-likeness (QED) is 0.730. The van der Waals surface area contributed by atoms with Crippen LogP contribution in [0.3, 0.4) is 0 Å². The van der Waals surface area contributed by atoms with E-state index in [0.29, 0.717) is 5.92 Å². The fraction of sp³-hybridized carbons (Fsp3) is 0.529. The molecule has 0 saturated carbocycles. The van der Waals surface area contributed by atoms with Crippen LogP contribution in [0.25, 0.3) is 0 Å². The fourth-order valence-electron chi connectivity index (χ4n) is 2.12. The Morgan fingerprint density at radius 3 is 2.68 bits per heavy atom. The summed E-state index contributed by atoms with van der Waals surface area (Å²) in [4.78, 5) is 0. The van der Waals surface area contributed by atoms with E-state index in [2.05, 4.69) is 32.7 Å². The van der Waals surface area contributed by atoms with E-state index >= 15 is 0 Å². The summed E-state index contributed by atoms with van der Waals surface area (Å²) in [6.07, 6.45) is 2.79. The Hall–Kier alpha value is -1.15. The minimum absolute atomic E-state index is 0.0482. The van der Waals surface area contributed by atoms with Gasteiger partial charge in [0.05, 0.1) is 0 Å². The highest BCUT2D eigenvalue weighted by Crippen LogP contribution is 2.25. The number of hydrogen-bond donors (Lipinski definition) is 1. The van der Waals surface area contributed by atoms with Gasteiger partial charge in [-0.1, -0.05) is 32.9 Å². The molecule has 1 aromatic carbocycles. The molecule has 2 heteroatoms. The molecule has 0 aliphatic carbocycles. The van der Waals surface area contributed by atoms with Crippen molar-refractivity contribution in [3.05, 3.63) is 47.8 Å². The van der Waals surface area contributed by atoms with Crippen molar-refractivity contribution in [1.82, 2.24) is 5.32 Å². The van der Waals surface area contributed by atoms with Gasteiger partial charge >= 0.3 is 0 Å². The van der Waals surface area contributed by atoms with Crippen molar-refractivity contribution in [2.24, 2.45) is 11.3 Å². The maximum atomic E-state index is 13.3. The largest absolute Gasteiger partial charge is 0.316 e. The molecule has 0 bridgehead atoms. The Kier molecular flexibility index (Phi) is 5.74. The van der Waals surface area contributed by atoms with Crippen LogP contribution >= 0.6 is 0 Å². The lowest BCUT2D eigenvalue weighted by Crippen LogP contribution is -2.34. The van der Waals surface area contributed by atoms with Crippen molar-refractivity contribution < 1.29 is 4.39 Å². The summed E-state index contributed by atoms with van der Waals surface area (Å²) >= 11 is 0. The molecular weight excluding hydrogens is 237 g/mol. The summed E-state index contributed by atoms with van der Waals surface area (Å²) in [5, 5.41) is 3.47. The molecule has 1 aromatic rings. The van der Waals surface area contributed by atoms with Gasteiger partial charge in [0.25, 0.3) is 0 Å². The van der Waals surface area contributed by atoms with Gasteiger partial charge in [-0.2, -0.15) is 0 Å². The Labute approximate surface area is 116 Å². The maximum Gasteiger partial charge on any atom is 0.123 e. The molecular formula is C17H26FN. The van der Waals surface area contributed by atoms with Crippen LogP contribution in [0.2, 0.25) is 0 Å². The van der Waals surface area contributed by atoms with Crippen LogP contribution in [0.15, 0.2) is 30.9 Å². The van der Waals surface area contributed by atoms with Crippen LogP contribution in [0.4, 0.5) is 4.39 Å². The first-order valence-electron chi connectivity index (χ1n) is 6.95. The molecule has 1 nitrogen and oxygen atoms in total. The van der Waals surface area contributed by atoms with Crippen LogP contribution in [0.1, 0.15) is 31.9 Å². The molecule has 0 fully saturated rings. The third-order valence-corrected chi connectivity index (χ3v) is 3.48. The number of rotatable bonds is 7. The third-order valence-electron chi connectivity index (χ3n) is 3.48. The van der Waals surface area contributed by atoms with Gasteiger partial charge in [0.1, 0.15) is 5.82 Å². The molecule has 0 amide bonds. The molecule has 0 aliphatic heterocycles. The first kappa shape index (κ1) is 15.9. The van der Waals surface area contributed by atoms with Gasteiger partial charge in [-0.15, -0.1) is 6.58 Å². The average molecular weight is 263 g/mol. The molecule has 19 heavy (non-hydrogen) atoms. The van der Waals surface area contributed by atoms with Crippen molar-refractivity contribution in [1.29, 1.82) is 0 Å². The lowest BCUT2D eigenvalue weighted by atomic mass is 9.82. The predicted octanol–water partition coefficient (Wildman–Crippen LogP) is 4.11. The second-order valence-corrected chi connectivity index (χ2v) is 6.13. The summed E-state index contributed by atoms with van der Waals surface area (Å²) in [5.74, 6) is 0.465. The second kappa shape index (κ2) is 6.85. The number of hydrogen-bond acceptors (Lipinski definition) is 1. The lowest BCUT2D eigenvalue weighted by molar-refractivity contribution is 0.377. The summed E-state index contributed by atoms with van der Waals surface area (Å²) in [6, 6.07) is 5.00. The normalized spacial score (nSPS) is 14.4. The molecule has 1 unspecified atom stereocenters. The second-order valence-electron chi connectivity index (χ2n) is 6.13. The first-order chi connectivity index (χ1) is 8.86. The topological polar surface area (TPSA) is 12.0 Å². The van der Waals surface area contributed by atoms with E-state index in [-0.39, 0.29) is 11.2 Å². The van der Waals surface area contributed by atoms with E-state index < -0.39 is 0 Å². The zero-order chi connectivity index (χ0) is 14.5. The zero-order valence-corrected chi connectivity index (χ0v) is 12.6. The zero-order valence-electron chi connectivity index (χ0n) is 12.6. The highest BCUT2D eigenvalue weighted by molar-refractivity contribution is 5.28. The standard InChI is InChI=1S/C17H26FN/c1-6-17(5,12-19-11-13(2)3)10-15-9-16(18)8-7-14(15)4/h6-9,13,19H,1,10-12H2,2-5H3. The third kappa shape index (κ3) is 5.15. The number of benzene rings is 1. The summed E-state index contributed by atoms with van der Waals surface area (Å²) < 4.78 is 13.3. The van der Waals surface area contributed by atoms with Crippen LogP contribution in [-0.2, 0) is 6.42 Å². The molecule has 0 aliphatic rings. The monoisotopic (exact) mass is 263 g/mol. The van der Waals surface area contributed by atoms with E-state index in [1.165, 1.54) is 6.07 Å². The molecule has 1 N–H and O–H groups in total. The molecule has 1 rings (SSSR count). The highest BCUT2D eigenvalue weighted by Gasteiger charge is 2.21. The molecule has 0 aromatic heterocycles. The van der Waals surface area contributed by atoms with Gasteiger partial charge in [0, 0.05) is 12.0 Å². The molecule has 1 atom stereocenters. The minimum Gasteiger partial charge on any atom is -0.316 e. The van der Waals surface area contributed by atoms with Crippen LogP contribution in [0.5, 0.6) is 0 Å². The smallest absolute Gasteiger partial charge is 0.123 e. The van der Waals surface area contributed by atoms with Crippen molar-refractivity contribution in [2.75, 3.05) is 13.1 Å². The SMILES string of the molecule is C=CC(C)(CNCC(C)C)Cc1cc(F)ccc1C. The van der Waals surface area contributed by atoms with Gasteiger partial charge in [-0.05, 0) is 49.1 Å². The predicted molar refractivity (Wildman–Crippen MR) is 80.9 cm³/mol. The summed E-state index contributed by atoms with van der Waals surface area (Å²) in [5.41, 5.74) is 2.15. The van der Waals surface area contributed by atoms with E-state index in [1.807, 2.05) is 19.1 Å². The van der Waals surface area contributed by atoms with E-state index in [4.69, 9.17) is 0 Å². The van der Waals surface area contributed by atoms with Gasteiger partial charge < -0.3 is 5.32 Å². The number of halogens is 1.